The van der Waals surface area contributed by atoms with Gasteiger partial charge in [-0.2, -0.15) is 0 Å². The molecule has 4 heterocycles. The number of Topliss-reactive ketones (excluding diaryl/α,β-unsaturated/α-hetero) is 2. The molecule has 0 radical (unpaired) electrons. The number of fused-ring (bicyclic) bond motifs is 2. The minimum Gasteiger partial charge on any atom is -0.506 e. The molecule has 2 aromatic carbocycles. The first-order valence-electron chi connectivity index (χ1n) is 14.1. The topological polar surface area (TPSA) is 227 Å². The normalized spacial score (nSPS) is 42.7. The summed E-state index contributed by atoms with van der Waals surface area (Å²) in [5.41, 5.74) is -11.8. The molecule has 6 N–H and O–H groups in total. The van der Waals surface area contributed by atoms with Gasteiger partial charge in [-0.25, -0.2) is 9.59 Å². The van der Waals surface area contributed by atoms with E-state index in [1.165, 1.54) is 24.3 Å². The minimum atomic E-state index is -2.68. The van der Waals surface area contributed by atoms with E-state index in [-0.39, 0.29) is 35.5 Å². The second-order valence-corrected chi connectivity index (χ2v) is 12.6. The van der Waals surface area contributed by atoms with Crippen molar-refractivity contribution in [3.05, 3.63) is 35.4 Å². The smallest absolute Gasteiger partial charge is 0.357 e. The molecule has 4 aliphatic heterocycles. The van der Waals surface area contributed by atoms with E-state index in [9.17, 15) is 49.8 Å². The number of aliphatic hydroxyl groups excluding tert-OH is 2. The molecule has 2 aromatic rings. The number of carbonyl (C=O) groups excluding carboxylic acids is 4. The molecule has 4 fully saturated rings. The summed E-state index contributed by atoms with van der Waals surface area (Å²) < 4.78 is 22.2. The van der Waals surface area contributed by atoms with E-state index in [0.29, 0.717) is 0 Å². The van der Waals surface area contributed by atoms with Gasteiger partial charge in [0, 0.05) is 11.1 Å². The van der Waals surface area contributed by atoms with Gasteiger partial charge in [0.25, 0.3) is 11.2 Å². The van der Waals surface area contributed by atoms with E-state index in [4.69, 9.17) is 18.9 Å². The third kappa shape index (κ3) is 2.54. The molecule has 8 rings (SSSR count). The number of ketones is 2. The first-order chi connectivity index (χ1) is 20.7. The Balaban J connectivity index is 1.27. The van der Waals surface area contributed by atoms with E-state index in [0.717, 1.165) is 0 Å². The van der Waals surface area contributed by atoms with Crippen LogP contribution in [0.3, 0.4) is 0 Å². The van der Waals surface area contributed by atoms with Gasteiger partial charge in [-0.3, -0.25) is 9.59 Å². The van der Waals surface area contributed by atoms with Crippen LogP contribution in [0.2, 0.25) is 0 Å². The highest BCUT2D eigenvalue weighted by Gasteiger charge is 2.83. The first-order valence-corrected chi connectivity index (χ1v) is 14.1. The Morgan fingerprint density at radius 2 is 1.02 bits per heavy atom. The molecule has 230 valence electrons. The summed E-state index contributed by atoms with van der Waals surface area (Å²) >= 11 is 0. The molecule has 0 spiro atoms. The number of carbonyl (C=O) groups is 4. The molecule has 0 amide bonds. The standard InChI is InChI=1S/C30H26O14/c1-9-7-15-27(39)23(35)17-13(43-29(27,21(9)33)25(37)41-15)5-3-11(19(17)31)12-4-6-14-18(20(12)32)24(36)28(40)16-8-10(2)22(34)30(28,44-14)26(38)42-16/h3-6,9-10,15-16,21-22,31-34,39-40H,7-8H2,1-2H3/t9-,10-,15-,16-,21+,22+,27-,28-,29+,30+/m0/s1. The Kier molecular flexibility index (Phi) is 4.89. The van der Waals surface area contributed by atoms with E-state index in [1.807, 2.05) is 0 Å². The van der Waals surface area contributed by atoms with Crippen molar-refractivity contribution in [2.45, 2.75) is 73.5 Å². The Morgan fingerprint density at radius 1 is 0.659 bits per heavy atom. The van der Waals surface area contributed by atoms with Crippen molar-refractivity contribution in [3.8, 4) is 34.1 Å². The van der Waals surface area contributed by atoms with E-state index >= 15 is 0 Å². The maximum Gasteiger partial charge on any atom is 0.357 e. The van der Waals surface area contributed by atoms with Crippen molar-refractivity contribution >= 4 is 23.5 Å². The Morgan fingerprint density at radius 3 is 1.39 bits per heavy atom. The molecule has 10 atom stereocenters. The Hall–Kier alpha value is -4.24. The van der Waals surface area contributed by atoms with E-state index in [2.05, 4.69) is 0 Å². The second-order valence-electron chi connectivity index (χ2n) is 12.6. The molecule has 2 saturated carbocycles. The molecule has 6 aliphatic rings. The number of aromatic hydroxyl groups is 2. The summed E-state index contributed by atoms with van der Waals surface area (Å²) in [6, 6.07) is 4.81. The van der Waals surface area contributed by atoms with Crippen molar-refractivity contribution in [2.75, 3.05) is 0 Å². The van der Waals surface area contributed by atoms with Crippen LogP contribution < -0.4 is 9.47 Å². The van der Waals surface area contributed by atoms with E-state index in [1.54, 1.807) is 13.8 Å². The van der Waals surface area contributed by atoms with Crippen LogP contribution in [0.4, 0.5) is 0 Å². The highest BCUT2D eigenvalue weighted by Crippen LogP contribution is 2.60. The van der Waals surface area contributed by atoms with Crippen molar-refractivity contribution in [1.29, 1.82) is 0 Å². The number of ether oxygens (including phenoxy) is 4. The zero-order valence-electron chi connectivity index (χ0n) is 23.1. The molecule has 2 saturated heterocycles. The predicted octanol–water partition coefficient (Wildman–Crippen LogP) is -0.493. The fourth-order valence-corrected chi connectivity index (χ4v) is 8.16. The minimum absolute atomic E-state index is 0.0607. The molecule has 44 heavy (non-hydrogen) atoms. The molecule has 0 aromatic heterocycles. The van der Waals surface area contributed by atoms with Crippen LogP contribution >= 0.6 is 0 Å². The van der Waals surface area contributed by atoms with Gasteiger partial charge in [-0.15, -0.1) is 0 Å². The fraction of sp³-hybridized carbons (Fsp3) is 0.467. The number of hydrogen-bond donors (Lipinski definition) is 6. The van der Waals surface area contributed by atoms with Crippen molar-refractivity contribution < 1.29 is 68.8 Å². The zero-order chi connectivity index (χ0) is 31.5. The highest BCUT2D eigenvalue weighted by molar-refractivity contribution is 6.17. The van der Waals surface area contributed by atoms with Crippen molar-refractivity contribution in [3.63, 3.8) is 0 Å². The quantitative estimate of drug-likeness (QED) is 0.224. The van der Waals surface area contributed by atoms with Gasteiger partial charge < -0.3 is 49.6 Å². The highest BCUT2D eigenvalue weighted by atomic mass is 16.6. The lowest BCUT2D eigenvalue weighted by atomic mass is 9.62. The molecule has 14 heteroatoms. The molecule has 2 aliphatic carbocycles. The van der Waals surface area contributed by atoms with Gasteiger partial charge >= 0.3 is 11.9 Å². The molecule has 0 unspecified atom stereocenters. The van der Waals surface area contributed by atoms with Crippen molar-refractivity contribution in [1.82, 2.24) is 0 Å². The number of rotatable bonds is 1. The number of phenols is 2. The van der Waals surface area contributed by atoms with Crippen molar-refractivity contribution in [2.24, 2.45) is 11.8 Å². The van der Waals surface area contributed by atoms with E-state index < -0.39 is 105 Å². The van der Waals surface area contributed by atoms with Crippen LogP contribution in [-0.2, 0) is 19.1 Å². The predicted molar refractivity (Wildman–Crippen MR) is 140 cm³/mol. The van der Waals surface area contributed by atoms with Gasteiger partial charge in [0.05, 0.1) is 0 Å². The lowest BCUT2D eigenvalue weighted by molar-refractivity contribution is -0.192. The average Bonchev–Trinajstić information content (AvgIpc) is 3.24. The number of aliphatic hydroxyl groups is 4. The third-order valence-electron chi connectivity index (χ3n) is 10.5. The fourth-order valence-electron chi connectivity index (χ4n) is 8.16. The van der Waals surface area contributed by atoms with Gasteiger partial charge in [0.2, 0.25) is 22.8 Å². The zero-order valence-corrected chi connectivity index (χ0v) is 23.1. The monoisotopic (exact) mass is 610 g/mol. The lowest BCUT2D eigenvalue weighted by Gasteiger charge is -2.50. The van der Waals surface area contributed by atoms with Gasteiger partial charge in [0.1, 0.15) is 58.5 Å². The number of esters is 2. The SMILES string of the molecule is C[C@H]1C[C@@H]2OC(=O)[C@]3(Oc4ccc(-c5ccc6c(c5O)C(=O)[C@@]5(O)[C@@H]7C[C@H](C)[C@@H](O)[C@@]5(O6)C(=O)O7)c(O)c4C(=O)[C@@]23O)[C@@H]1O. The van der Waals surface area contributed by atoms with Crippen LogP contribution in [0, 0.1) is 11.8 Å². The molecular formula is C30H26O14. The summed E-state index contributed by atoms with van der Waals surface area (Å²) in [4.78, 5) is 53.6. The maximum absolute atomic E-state index is 13.9. The number of benzene rings is 2. The summed E-state index contributed by atoms with van der Waals surface area (Å²) in [7, 11) is 0. The van der Waals surface area contributed by atoms with Gasteiger partial charge in [-0.05, 0) is 48.9 Å². The van der Waals surface area contributed by atoms with Crippen LogP contribution in [0.25, 0.3) is 11.1 Å². The van der Waals surface area contributed by atoms with Gasteiger partial charge in [-0.1, -0.05) is 13.8 Å². The van der Waals surface area contributed by atoms with Gasteiger partial charge in [0.15, 0.2) is 0 Å². The summed E-state index contributed by atoms with van der Waals surface area (Å²) in [6.07, 6.45) is -6.09. The Labute approximate surface area is 247 Å². The molecule has 14 nitrogen and oxygen atoms in total. The van der Waals surface area contributed by atoms with Crippen LogP contribution in [0.1, 0.15) is 47.4 Å². The summed E-state index contributed by atoms with van der Waals surface area (Å²) in [6.45, 7) is 3.21. The first kappa shape index (κ1) is 27.3. The molecular weight excluding hydrogens is 584 g/mol. The van der Waals surface area contributed by atoms with Crippen LogP contribution in [0.15, 0.2) is 24.3 Å². The number of hydrogen-bond acceptors (Lipinski definition) is 14. The maximum atomic E-state index is 13.9. The largest absolute Gasteiger partial charge is 0.506 e. The summed E-state index contributed by atoms with van der Waals surface area (Å²) in [5.74, 6) is -7.95. The Bertz CT molecular complexity index is 1640. The number of phenolic OH excluding ortho intramolecular Hbond substituents is 2. The second kappa shape index (κ2) is 7.88. The van der Waals surface area contributed by atoms with Crippen LogP contribution in [0.5, 0.6) is 23.0 Å². The summed E-state index contributed by atoms with van der Waals surface area (Å²) in [5, 5.41) is 68.0. The van der Waals surface area contributed by atoms with Crippen LogP contribution in [-0.4, -0.2) is 101 Å². The molecule has 4 bridgehead atoms. The lowest BCUT2D eigenvalue weighted by Crippen LogP contribution is -2.76. The third-order valence-corrected chi connectivity index (χ3v) is 10.5. The average molecular weight is 611 g/mol.